The molecule has 2 heteroatoms. The van der Waals surface area contributed by atoms with Crippen molar-refractivity contribution in [1.29, 1.82) is 0 Å². The van der Waals surface area contributed by atoms with Crippen LogP contribution in [0.15, 0.2) is 22.8 Å². The first-order valence-electron chi connectivity index (χ1n) is 5.14. The van der Waals surface area contributed by atoms with Crippen LogP contribution in [0, 0.1) is 5.92 Å². The summed E-state index contributed by atoms with van der Waals surface area (Å²) in [6, 6.07) is 4.38. The Morgan fingerprint density at radius 2 is 2.23 bits per heavy atom. The molecule has 0 aliphatic heterocycles. The first-order valence-corrected chi connectivity index (χ1v) is 5.14. The van der Waals surface area contributed by atoms with Crippen LogP contribution in [0.3, 0.4) is 0 Å². The molecule has 2 N–H and O–H groups in total. The molecule has 2 unspecified atom stereocenters. The van der Waals surface area contributed by atoms with Gasteiger partial charge in [-0.15, -0.1) is 0 Å². The second kappa shape index (κ2) is 3.97. The third-order valence-corrected chi connectivity index (χ3v) is 3.01. The van der Waals surface area contributed by atoms with Crippen molar-refractivity contribution in [2.24, 2.45) is 11.7 Å². The molecule has 2 atom stereocenters. The van der Waals surface area contributed by atoms with Crippen molar-refractivity contribution in [3.05, 3.63) is 24.2 Å². The van der Waals surface area contributed by atoms with E-state index in [1.54, 1.807) is 6.26 Å². The van der Waals surface area contributed by atoms with Crippen molar-refractivity contribution < 1.29 is 4.42 Å². The maximum Gasteiger partial charge on any atom is 0.104 e. The molecule has 1 aromatic heterocycles. The molecule has 2 rings (SSSR count). The van der Waals surface area contributed by atoms with Gasteiger partial charge in [-0.1, -0.05) is 12.8 Å². The Balaban J connectivity index is 1.93. The van der Waals surface area contributed by atoms with Gasteiger partial charge in [-0.05, 0) is 30.9 Å². The van der Waals surface area contributed by atoms with Gasteiger partial charge >= 0.3 is 0 Å². The highest BCUT2D eigenvalue weighted by Crippen LogP contribution is 2.26. The van der Waals surface area contributed by atoms with Crippen LogP contribution in [-0.2, 0) is 6.42 Å². The summed E-state index contributed by atoms with van der Waals surface area (Å²) < 4.78 is 5.33. The second-order valence-electron chi connectivity index (χ2n) is 3.99. The lowest BCUT2D eigenvalue weighted by atomic mass is 9.82. The van der Waals surface area contributed by atoms with Crippen molar-refractivity contribution in [2.75, 3.05) is 0 Å². The molecule has 1 aliphatic carbocycles. The van der Waals surface area contributed by atoms with E-state index in [0.29, 0.717) is 12.0 Å². The third kappa shape index (κ3) is 2.13. The molecule has 13 heavy (non-hydrogen) atoms. The summed E-state index contributed by atoms with van der Waals surface area (Å²) in [6.45, 7) is 0. The summed E-state index contributed by atoms with van der Waals surface area (Å²) in [5, 5.41) is 0. The lowest BCUT2D eigenvalue weighted by Crippen LogP contribution is -2.34. The molecule has 1 aliphatic rings. The van der Waals surface area contributed by atoms with Crippen molar-refractivity contribution in [3.63, 3.8) is 0 Å². The largest absolute Gasteiger partial charge is 0.469 e. The highest BCUT2D eigenvalue weighted by atomic mass is 16.3. The highest BCUT2D eigenvalue weighted by molar-refractivity contribution is 5.00. The molecule has 1 heterocycles. The van der Waals surface area contributed by atoms with Crippen LogP contribution in [0.5, 0.6) is 0 Å². The Bertz CT molecular complexity index is 243. The van der Waals surface area contributed by atoms with Crippen molar-refractivity contribution in [2.45, 2.75) is 38.1 Å². The van der Waals surface area contributed by atoms with Gasteiger partial charge in [0.25, 0.3) is 0 Å². The van der Waals surface area contributed by atoms with Gasteiger partial charge in [-0.2, -0.15) is 0 Å². The van der Waals surface area contributed by atoms with E-state index in [-0.39, 0.29) is 0 Å². The average molecular weight is 179 g/mol. The normalized spacial score (nSPS) is 29.0. The lowest BCUT2D eigenvalue weighted by molar-refractivity contribution is 0.290. The summed E-state index contributed by atoms with van der Waals surface area (Å²) in [4.78, 5) is 0. The maximum absolute atomic E-state index is 6.05. The van der Waals surface area contributed by atoms with Gasteiger partial charge in [0, 0.05) is 12.5 Å². The van der Waals surface area contributed by atoms with E-state index >= 15 is 0 Å². The van der Waals surface area contributed by atoms with Crippen LogP contribution in [0.1, 0.15) is 31.4 Å². The Kier molecular flexibility index (Phi) is 2.69. The fraction of sp³-hybridized carbons (Fsp3) is 0.636. The molecule has 1 saturated carbocycles. The van der Waals surface area contributed by atoms with E-state index in [1.807, 2.05) is 12.1 Å². The number of rotatable bonds is 2. The van der Waals surface area contributed by atoms with E-state index in [0.717, 1.165) is 12.2 Å². The summed E-state index contributed by atoms with van der Waals surface area (Å²) in [7, 11) is 0. The summed E-state index contributed by atoms with van der Waals surface area (Å²) in [5.74, 6) is 1.72. The smallest absolute Gasteiger partial charge is 0.104 e. The van der Waals surface area contributed by atoms with Crippen molar-refractivity contribution in [1.82, 2.24) is 0 Å². The van der Waals surface area contributed by atoms with E-state index in [1.165, 1.54) is 25.7 Å². The molecule has 1 aromatic rings. The standard InChI is InChI=1S/C11H17NO/c12-11-6-2-1-4-9(11)8-10-5-3-7-13-10/h3,5,7,9,11H,1-2,4,6,8,12H2. The fourth-order valence-corrected chi connectivity index (χ4v) is 2.18. The molecule has 0 radical (unpaired) electrons. The summed E-state index contributed by atoms with van der Waals surface area (Å²) in [5.41, 5.74) is 6.05. The molecule has 0 bridgehead atoms. The molecule has 2 nitrogen and oxygen atoms in total. The monoisotopic (exact) mass is 179 g/mol. The molecule has 0 saturated heterocycles. The number of hydrogen-bond donors (Lipinski definition) is 1. The molecule has 0 aromatic carbocycles. The van der Waals surface area contributed by atoms with Crippen LogP contribution in [0.2, 0.25) is 0 Å². The van der Waals surface area contributed by atoms with Crippen LogP contribution in [0.4, 0.5) is 0 Å². The average Bonchev–Trinajstić information content (AvgIpc) is 2.61. The van der Waals surface area contributed by atoms with Gasteiger partial charge in [-0.25, -0.2) is 0 Å². The highest BCUT2D eigenvalue weighted by Gasteiger charge is 2.22. The summed E-state index contributed by atoms with van der Waals surface area (Å²) >= 11 is 0. The predicted octanol–water partition coefficient (Wildman–Crippen LogP) is 2.34. The number of hydrogen-bond acceptors (Lipinski definition) is 2. The van der Waals surface area contributed by atoms with E-state index in [2.05, 4.69) is 0 Å². The molecular weight excluding hydrogens is 162 g/mol. The first-order chi connectivity index (χ1) is 6.36. The summed E-state index contributed by atoms with van der Waals surface area (Å²) in [6.07, 6.45) is 7.85. The van der Waals surface area contributed by atoms with Crippen LogP contribution < -0.4 is 5.73 Å². The zero-order chi connectivity index (χ0) is 9.10. The molecule has 72 valence electrons. The van der Waals surface area contributed by atoms with Crippen LogP contribution in [0.25, 0.3) is 0 Å². The van der Waals surface area contributed by atoms with Gasteiger partial charge in [0.2, 0.25) is 0 Å². The number of furan rings is 1. The van der Waals surface area contributed by atoms with Crippen molar-refractivity contribution in [3.8, 4) is 0 Å². The van der Waals surface area contributed by atoms with E-state index in [9.17, 15) is 0 Å². The maximum atomic E-state index is 6.05. The SMILES string of the molecule is NC1CCCCC1Cc1ccco1. The lowest BCUT2D eigenvalue weighted by Gasteiger charge is -2.27. The minimum atomic E-state index is 0.388. The van der Waals surface area contributed by atoms with Gasteiger partial charge in [-0.3, -0.25) is 0 Å². The third-order valence-electron chi connectivity index (χ3n) is 3.01. The molecule has 0 spiro atoms. The van der Waals surface area contributed by atoms with Gasteiger partial charge < -0.3 is 10.2 Å². The zero-order valence-corrected chi connectivity index (χ0v) is 7.91. The fourth-order valence-electron chi connectivity index (χ4n) is 2.18. The van der Waals surface area contributed by atoms with Crippen molar-refractivity contribution >= 4 is 0 Å². The van der Waals surface area contributed by atoms with Gasteiger partial charge in [0.05, 0.1) is 6.26 Å². The van der Waals surface area contributed by atoms with E-state index in [4.69, 9.17) is 10.2 Å². The Morgan fingerprint density at radius 1 is 1.38 bits per heavy atom. The second-order valence-corrected chi connectivity index (χ2v) is 3.99. The zero-order valence-electron chi connectivity index (χ0n) is 7.91. The van der Waals surface area contributed by atoms with E-state index < -0.39 is 0 Å². The molecular formula is C11H17NO. The van der Waals surface area contributed by atoms with Gasteiger partial charge in [0.15, 0.2) is 0 Å². The first kappa shape index (κ1) is 8.82. The topological polar surface area (TPSA) is 39.2 Å². The van der Waals surface area contributed by atoms with Crippen LogP contribution in [-0.4, -0.2) is 6.04 Å². The Labute approximate surface area is 79.1 Å². The predicted molar refractivity (Wildman–Crippen MR) is 52.3 cm³/mol. The molecule has 0 amide bonds. The minimum absolute atomic E-state index is 0.388. The minimum Gasteiger partial charge on any atom is -0.469 e. The quantitative estimate of drug-likeness (QED) is 0.756. The molecule has 1 fully saturated rings. The Hall–Kier alpha value is -0.760. The number of nitrogens with two attached hydrogens (primary N) is 1. The van der Waals surface area contributed by atoms with Crippen LogP contribution >= 0.6 is 0 Å². The van der Waals surface area contributed by atoms with Gasteiger partial charge in [0.1, 0.15) is 5.76 Å². The Morgan fingerprint density at radius 3 is 2.92 bits per heavy atom.